The van der Waals surface area contributed by atoms with Crippen LogP contribution in [0.2, 0.25) is 0 Å². The fourth-order valence-corrected chi connectivity index (χ4v) is 6.37. The molecule has 7 nitrogen and oxygen atoms in total. The number of piperidine rings is 1. The summed E-state index contributed by atoms with van der Waals surface area (Å²) in [4.78, 5) is 15.1. The van der Waals surface area contributed by atoms with Gasteiger partial charge in [0.15, 0.2) is 11.6 Å². The Balaban J connectivity index is 1.54. The van der Waals surface area contributed by atoms with Gasteiger partial charge >= 0.3 is 6.03 Å². The zero-order valence-electron chi connectivity index (χ0n) is 24.6. The number of carbonyl (C=O) groups excluding carboxylic acids is 1. The number of ether oxygens (including phenoxy) is 2. The molecule has 1 aliphatic heterocycles. The maximum absolute atomic E-state index is 15.3. The Bertz CT molecular complexity index is 1150. The average Bonchev–Trinajstić information content (AvgIpc) is 2.96. The molecule has 232 valence electrons. The van der Waals surface area contributed by atoms with Crippen LogP contribution in [-0.2, 0) is 10.3 Å². The number of carbonyl (C=O) groups is 1. The highest BCUT2D eigenvalue weighted by Gasteiger charge is 2.46. The zero-order chi connectivity index (χ0) is 30.2. The Morgan fingerprint density at radius 3 is 2.62 bits per heavy atom. The Hall–Kier alpha value is -2.82. The third-order valence-electron chi connectivity index (χ3n) is 8.51. The first-order valence-electron chi connectivity index (χ1n) is 15.0. The van der Waals surface area contributed by atoms with Gasteiger partial charge in [-0.15, -0.1) is 0 Å². The van der Waals surface area contributed by atoms with Gasteiger partial charge in [0.25, 0.3) is 0 Å². The molecule has 1 unspecified atom stereocenters. The quantitative estimate of drug-likeness (QED) is 0.233. The first kappa shape index (κ1) is 32.1. The molecule has 2 aliphatic rings. The van der Waals surface area contributed by atoms with E-state index in [2.05, 4.69) is 10.6 Å². The number of unbranched alkanes of at least 4 members (excludes halogenated alkanes) is 1. The fraction of sp³-hybridized carbons (Fsp3) is 0.594. The van der Waals surface area contributed by atoms with E-state index in [1.807, 2.05) is 6.07 Å². The number of para-hydroxylation sites is 2. The van der Waals surface area contributed by atoms with Crippen molar-refractivity contribution in [1.82, 2.24) is 15.5 Å². The van der Waals surface area contributed by atoms with Crippen molar-refractivity contribution in [2.45, 2.75) is 68.9 Å². The van der Waals surface area contributed by atoms with Crippen LogP contribution < -0.4 is 15.4 Å². The van der Waals surface area contributed by atoms with E-state index in [0.29, 0.717) is 69.5 Å². The van der Waals surface area contributed by atoms with Gasteiger partial charge in [-0.05, 0) is 69.7 Å². The van der Waals surface area contributed by atoms with Crippen LogP contribution in [0.25, 0.3) is 0 Å². The summed E-state index contributed by atoms with van der Waals surface area (Å²) in [5, 5.41) is 18.5. The Labute approximate surface area is 246 Å². The maximum Gasteiger partial charge on any atom is 0.317 e. The Kier molecular flexibility index (Phi) is 11.1. The summed E-state index contributed by atoms with van der Waals surface area (Å²) < 4.78 is 53.3. The molecule has 2 aromatic carbocycles. The van der Waals surface area contributed by atoms with E-state index in [1.165, 1.54) is 6.07 Å². The molecule has 0 spiro atoms. The molecule has 1 aliphatic carbocycles. The number of hydrogen-bond acceptors (Lipinski definition) is 5. The predicted molar refractivity (Wildman–Crippen MR) is 155 cm³/mol. The molecule has 0 radical (unpaired) electrons. The predicted octanol–water partition coefficient (Wildman–Crippen LogP) is 6.07. The molecule has 10 heteroatoms. The van der Waals surface area contributed by atoms with Crippen LogP contribution in [0.5, 0.6) is 11.5 Å². The number of urea groups is 1. The summed E-state index contributed by atoms with van der Waals surface area (Å²) in [6.45, 7) is 1.78. The van der Waals surface area contributed by atoms with Gasteiger partial charge in [-0.3, -0.25) is 0 Å². The third-order valence-corrected chi connectivity index (χ3v) is 8.51. The van der Waals surface area contributed by atoms with E-state index < -0.39 is 17.3 Å². The van der Waals surface area contributed by atoms with Gasteiger partial charge in [0.05, 0.1) is 5.60 Å². The van der Waals surface area contributed by atoms with Gasteiger partial charge in [0.1, 0.15) is 5.75 Å². The van der Waals surface area contributed by atoms with Crippen molar-refractivity contribution < 1.29 is 32.5 Å². The summed E-state index contributed by atoms with van der Waals surface area (Å²) in [7, 11) is 3.39. The number of alkyl halides is 2. The molecular weight excluding hydrogens is 547 g/mol. The lowest BCUT2D eigenvalue weighted by atomic mass is 9.73. The first-order chi connectivity index (χ1) is 20.1. The SMILES string of the molecule is CNCC(CC1CC(F)(F)C1)NC(=O)N1CCC[C@@H]([C@@](O)(CCCCOC)c2cccc(F)c2Oc2ccccc2)C1. The van der Waals surface area contributed by atoms with Gasteiger partial charge < -0.3 is 30.1 Å². The number of aliphatic hydroxyl groups is 1. The van der Waals surface area contributed by atoms with E-state index in [9.17, 15) is 18.7 Å². The molecule has 2 aromatic rings. The van der Waals surface area contributed by atoms with E-state index in [1.54, 1.807) is 55.5 Å². The summed E-state index contributed by atoms with van der Waals surface area (Å²) in [5.74, 6) is -3.25. The van der Waals surface area contributed by atoms with Crippen LogP contribution >= 0.6 is 0 Å². The van der Waals surface area contributed by atoms with Crippen molar-refractivity contribution in [1.29, 1.82) is 0 Å². The van der Waals surface area contributed by atoms with Gasteiger partial charge in [-0.1, -0.05) is 30.3 Å². The van der Waals surface area contributed by atoms with Crippen molar-refractivity contribution >= 4 is 6.03 Å². The van der Waals surface area contributed by atoms with Crippen molar-refractivity contribution in [3.63, 3.8) is 0 Å². The molecule has 4 rings (SSSR count). The second kappa shape index (κ2) is 14.6. The number of hydrogen-bond donors (Lipinski definition) is 3. The normalized spacial score (nSPS) is 20.8. The topological polar surface area (TPSA) is 83.1 Å². The second-order valence-electron chi connectivity index (χ2n) is 11.8. The summed E-state index contributed by atoms with van der Waals surface area (Å²) in [5.41, 5.74) is -1.11. The number of nitrogens with zero attached hydrogens (tertiary/aromatic N) is 1. The lowest BCUT2D eigenvalue weighted by Crippen LogP contribution is -2.54. The highest BCUT2D eigenvalue weighted by molar-refractivity contribution is 5.74. The smallest absolute Gasteiger partial charge is 0.317 e. The highest BCUT2D eigenvalue weighted by atomic mass is 19.3. The van der Waals surface area contributed by atoms with Gasteiger partial charge in [0.2, 0.25) is 5.92 Å². The Morgan fingerprint density at radius 2 is 1.93 bits per heavy atom. The van der Waals surface area contributed by atoms with E-state index in [0.717, 1.165) is 0 Å². The zero-order valence-corrected chi connectivity index (χ0v) is 24.6. The molecule has 1 saturated carbocycles. The van der Waals surface area contributed by atoms with Gasteiger partial charge in [-0.2, -0.15) is 0 Å². The lowest BCUT2D eigenvalue weighted by molar-refractivity contribution is -0.113. The van der Waals surface area contributed by atoms with Gasteiger partial charge in [0, 0.05) is 63.7 Å². The van der Waals surface area contributed by atoms with Crippen molar-refractivity contribution in [3.05, 3.63) is 59.9 Å². The molecule has 1 heterocycles. The minimum atomic E-state index is -2.60. The molecule has 0 aromatic heterocycles. The second-order valence-corrected chi connectivity index (χ2v) is 11.8. The van der Waals surface area contributed by atoms with Crippen LogP contribution in [0, 0.1) is 17.7 Å². The molecule has 2 fully saturated rings. The molecule has 3 atom stereocenters. The van der Waals surface area contributed by atoms with E-state index >= 15 is 4.39 Å². The van der Waals surface area contributed by atoms with Crippen molar-refractivity contribution in [2.24, 2.45) is 11.8 Å². The van der Waals surface area contributed by atoms with E-state index in [4.69, 9.17) is 9.47 Å². The minimum absolute atomic E-state index is 0.0223. The van der Waals surface area contributed by atoms with Crippen molar-refractivity contribution in [3.8, 4) is 11.5 Å². The van der Waals surface area contributed by atoms with Crippen LogP contribution in [0.4, 0.5) is 18.0 Å². The monoisotopic (exact) mass is 591 g/mol. The lowest BCUT2D eigenvalue weighted by Gasteiger charge is -2.43. The summed E-state index contributed by atoms with van der Waals surface area (Å²) in [6.07, 6.45) is 3.17. The number of nitrogens with one attached hydrogen (secondary N) is 2. The number of amides is 2. The molecule has 3 N–H and O–H groups in total. The first-order valence-corrected chi connectivity index (χ1v) is 15.0. The highest BCUT2D eigenvalue weighted by Crippen LogP contribution is 2.46. The number of halogens is 3. The number of likely N-dealkylation sites (tertiary alicyclic amines) is 1. The number of benzene rings is 2. The molecule has 2 amide bonds. The molecular formula is C32H44F3N3O4. The van der Waals surface area contributed by atoms with Crippen LogP contribution in [0.3, 0.4) is 0 Å². The van der Waals surface area contributed by atoms with Crippen LogP contribution in [0.1, 0.15) is 56.9 Å². The van der Waals surface area contributed by atoms with Gasteiger partial charge in [-0.25, -0.2) is 18.0 Å². The molecule has 1 saturated heterocycles. The largest absolute Gasteiger partial charge is 0.454 e. The number of methoxy groups -OCH3 is 1. The van der Waals surface area contributed by atoms with Crippen LogP contribution in [-0.4, -0.2) is 68.4 Å². The van der Waals surface area contributed by atoms with Crippen molar-refractivity contribution in [2.75, 3.05) is 40.4 Å². The number of rotatable bonds is 14. The average molecular weight is 592 g/mol. The third kappa shape index (κ3) is 8.17. The number of likely N-dealkylation sites (N-methyl/N-ethyl adjacent to an activating group) is 1. The standard InChI is InChI=1S/C32H44F3N3O4/c1-36-21-25(18-23-19-31(34,35)20-23)37-30(39)38-16-9-10-24(22-38)32(40,15-6-7-17-41-2)27-13-8-14-28(33)29(27)42-26-11-4-3-5-12-26/h3-5,8,11-14,23-25,36,40H,6-7,9-10,15-22H2,1-2H3,(H,37,39)/t24-,25?,32+/m1/s1. The summed E-state index contributed by atoms with van der Waals surface area (Å²) in [6, 6.07) is 12.9. The molecule has 0 bridgehead atoms. The van der Waals surface area contributed by atoms with E-state index in [-0.39, 0.29) is 49.0 Å². The van der Waals surface area contributed by atoms with Crippen LogP contribution in [0.15, 0.2) is 48.5 Å². The fourth-order valence-electron chi connectivity index (χ4n) is 6.37. The molecule has 42 heavy (non-hydrogen) atoms. The minimum Gasteiger partial charge on any atom is -0.454 e. The Morgan fingerprint density at radius 1 is 1.17 bits per heavy atom. The maximum atomic E-state index is 15.3. The summed E-state index contributed by atoms with van der Waals surface area (Å²) >= 11 is 0.